The summed E-state index contributed by atoms with van der Waals surface area (Å²) in [5, 5.41) is 3.90. The summed E-state index contributed by atoms with van der Waals surface area (Å²) in [6.07, 6.45) is -0.633. The number of rotatable bonds is 5. The third-order valence-electron chi connectivity index (χ3n) is 4.39. The smallest absolute Gasteiger partial charge is 0.417 e. The quantitative estimate of drug-likeness (QED) is 0.581. The molecule has 0 unspecified atom stereocenters. The molecule has 28 heavy (non-hydrogen) atoms. The van der Waals surface area contributed by atoms with Crippen molar-refractivity contribution in [2.24, 2.45) is 0 Å². The third-order valence-corrected chi connectivity index (χ3v) is 4.64. The van der Waals surface area contributed by atoms with Crippen molar-refractivity contribution in [1.29, 1.82) is 0 Å². The van der Waals surface area contributed by atoms with E-state index in [2.05, 4.69) is 5.32 Å². The lowest BCUT2D eigenvalue weighted by molar-refractivity contribution is 0.0527. The van der Waals surface area contributed by atoms with Crippen LogP contribution in [-0.4, -0.2) is 23.2 Å². The zero-order chi connectivity index (χ0) is 20.3. The number of hydrogen-bond donors (Lipinski definition) is 1. The highest BCUT2D eigenvalue weighted by molar-refractivity contribution is 6.30. The predicted molar refractivity (Wildman–Crippen MR) is 109 cm³/mol. The van der Waals surface area contributed by atoms with Gasteiger partial charge in [-0.05, 0) is 63.2 Å². The molecule has 146 valence electrons. The van der Waals surface area contributed by atoms with Crippen molar-refractivity contribution in [2.75, 3.05) is 11.9 Å². The third kappa shape index (κ3) is 3.97. The van der Waals surface area contributed by atoms with E-state index in [4.69, 9.17) is 21.1 Å². The molecule has 0 aliphatic rings. The minimum absolute atomic E-state index is 0.288. The lowest BCUT2D eigenvalue weighted by atomic mass is 10.1. The second-order valence-corrected chi connectivity index (χ2v) is 6.56. The first-order valence-electron chi connectivity index (χ1n) is 8.99. The molecule has 0 aliphatic carbocycles. The highest BCUT2D eigenvalue weighted by atomic mass is 35.5. The Labute approximate surface area is 168 Å². The first-order valence-corrected chi connectivity index (χ1v) is 9.36. The number of anilines is 1. The second kappa shape index (κ2) is 8.35. The minimum Gasteiger partial charge on any atom is -0.462 e. The van der Waals surface area contributed by atoms with Crippen molar-refractivity contribution in [2.45, 2.75) is 27.3 Å². The highest BCUT2D eigenvalue weighted by Crippen LogP contribution is 2.30. The van der Waals surface area contributed by atoms with Crippen LogP contribution in [0, 0.1) is 6.92 Å². The van der Waals surface area contributed by atoms with Crippen LogP contribution in [0.15, 0.2) is 42.5 Å². The van der Waals surface area contributed by atoms with E-state index in [0.717, 1.165) is 11.2 Å². The maximum atomic E-state index is 12.4. The van der Waals surface area contributed by atoms with Gasteiger partial charge in [-0.3, -0.25) is 5.32 Å². The fourth-order valence-electron chi connectivity index (χ4n) is 3.18. The molecule has 0 saturated carbocycles. The zero-order valence-electron chi connectivity index (χ0n) is 15.9. The van der Waals surface area contributed by atoms with E-state index in [0.29, 0.717) is 34.0 Å². The molecule has 0 bridgehead atoms. The van der Waals surface area contributed by atoms with Gasteiger partial charge in [0.2, 0.25) is 0 Å². The molecule has 1 amide bonds. The zero-order valence-corrected chi connectivity index (χ0v) is 16.7. The van der Waals surface area contributed by atoms with E-state index in [1.165, 1.54) is 0 Å². The predicted octanol–water partition coefficient (Wildman–Crippen LogP) is 5.41. The van der Waals surface area contributed by atoms with E-state index < -0.39 is 6.09 Å². The number of halogens is 1. The summed E-state index contributed by atoms with van der Waals surface area (Å²) in [5.74, 6) is -0.0577. The van der Waals surface area contributed by atoms with Gasteiger partial charge in [0, 0.05) is 33.9 Å². The molecule has 1 heterocycles. The Morgan fingerprint density at radius 1 is 1.11 bits per heavy atom. The van der Waals surface area contributed by atoms with Gasteiger partial charge in [0.05, 0.1) is 12.2 Å². The molecule has 7 heteroatoms. The first-order chi connectivity index (χ1) is 13.4. The molecule has 0 aliphatic heterocycles. The summed E-state index contributed by atoms with van der Waals surface area (Å²) in [5.41, 5.74) is 2.75. The average molecular weight is 401 g/mol. The number of nitrogens with one attached hydrogen (secondary N) is 1. The van der Waals surface area contributed by atoms with Crippen molar-refractivity contribution in [3.63, 3.8) is 0 Å². The van der Waals surface area contributed by atoms with Crippen LogP contribution in [0.4, 0.5) is 10.5 Å². The minimum atomic E-state index is -0.633. The molecule has 0 radical (unpaired) electrons. The summed E-state index contributed by atoms with van der Waals surface area (Å²) < 4.78 is 12.6. The molecule has 1 N–H and O–H groups in total. The van der Waals surface area contributed by atoms with Gasteiger partial charge in [-0.25, -0.2) is 9.59 Å². The van der Waals surface area contributed by atoms with Gasteiger partial charge in [0.15, 0.2) is 0 Å². The van der Waals surface area contributed by atoms with Crippen molar-refractivity contribution < 1.29 is 19.1 Å². The van der Waals surface area contributed by atoms with Gasteiger partial charge < -0.3 is 14.0 Å². The highest BCUT2D eigenvalue weighted by Gasteiger charge is 2.21. The van der Waals surface area contributed by atoms with E-state index >= 15 is 0 Å². The molecule has 0 spiro atoms. The van der Waals surface area contributed by atoms with E-state index in [-0.39, 0.29) is 12.6 Å². The largest absolute Gasteiger partial charge is 0.462 e. The molecule has 0 fully saturated rings. The number of fused-ring (bicyclic) bond motifs is 1. The molecule has 0 saturated heterocycles. The maximum absolute atomic E-state index is 12.4. The van der Waals surface area contributed by atoms with Gasteiger partial charge in [-0.2, -0.15) is 0 Å². The first kappa shape index (κ1) is 19.8. The molecular formula is C21H21ClN2O4. The number of ether oxygens (including phenoxy) is 2. The van der Waals surface area contributed by atoms with Gasteiger partial charge in [-0.1, -0.05) is 11.6 Å². The summed E-state index contributed by atoms with van der Waals surface area (Å²) in [7, 11) is 0. The topological polar surface area (TPSA) is 69.6 Å². The van der Waals surface area contributed by atoms with Crippen molar-refractivity contribution in [1.82, 2.24) is 4.57 Å². The second-order valence-electron chi connectivity index (χ2n) is 6.13. The van der Waals surface area contributed by atoms with E-state index in [1.54, 1.807) is 43.3 Å². The molecule has 1 aromatic heterocycles. The standard InChI is InChI=1S/C21H21ClN2O4/c1-4-24-13(3)19(20(25)27-5-2)17-12-16(10-11-18(17)24)28-21(26)23-15-8-6-14(22)7-9-15/h6-12H,4-5H2,1-3H3,(H,23,26). The number of nitrogens with zero attached hydrogens (tertiary/aromatic N) is 1. The average Bonchev–Trinajstić information content (AvgIpc) is 2.94. The van der Waals surface area contributed by atoms with Crippen molar-refractivity contribution in [3.8, 4) is 5.75 Å². The molecular weight excluding hydrogens is 380 g/mol. The van der Waals surface area contributed by atoms with Crippen LogP contribution in [0.2, 0.25) is 5.02 Å². The Bertz CT molecular complexity index is 1030. The number of amides is 1. The lowest BCUT2D eigenvalue weighted by Crippen LogP contribution is -2.16. The van der Waals surface area contributed by atoms with Crippen LogP contribution in [-0.2, 0) is 11.3 Å². The van der Waals surface area contributed by atoms with Crippen LogP contribution in [0.5, 0.6) is 5.75 Å². The fourth-order valence-corrected chi connectivity index (χ4v) is 3.30. The Balaban J connectivity index is 1.90. The van der Waals surface area contributed by atoms with E-state index in [9.17, 15) is 9.59 Å². The molecule has 3 rings (SSSR count). The number of carbonyl (C=O) groups is 2. The van der Waals surface area contributed by atoms with Gasteiger partial charge in [-0.15, -0.1) is 0 Å². The van der Waals surface area contributed by atoms with E-state index in [1.807, 2.05) is 24.5 Å². The number of benzene rings is 2. The maximum Gasteiger partial charge on any atom is 0.417 e. The van der Waals surface area contributed by atoms with Crippen LogP contribution >= 0.6 is 11.6 Å². The van der Waals surface area contributed by atoms with Crippen LogP contribution in [0.3, 0.4) is 0 Å². The van der Waals surface area contributed by atoms with Crippen LogP contribution < -0.4 is 10.1 Å². The molecule has 0 atom stereocenters. The molecule has 2 aromatic carbocycles. The monoisotopic (exact) mass is 400 g/mol. The summed E-state index contributed by atoms with van der Waals surface area (Å²) >= 11 is 5.84. The number of carbonyl (C=O) groups excluding carboxylic acids is 2. The van der Waals surface area contributed by atoms with Gasteiger partial charge >= 0.3 is 12.1 Å². The lowest BCUT2D eigenvalue weighted by Gasteiger charge is -2.08. The Morgan fingerprint density at radius 3 is 2.46 bits per heavy atom. The number of hydrogen-bond acceptors (Lipinski definition) is 4. The molecule has 6 nitrogen and oxygen atoms in total. The SMILES string of the molecule is CCOC(=O)c1c(C)n(CC)c2ccc(OC(=O)Nc3ccc(Cl)cc3)cc12. The number of aryl methyl sites for hydroxylation is 1. The van der Waals surface area contributed by atoms with Gasteiger partial charge in [0.1, 0.15) is 5.75 Å². The van der Waals surface area contributed by atoms with Gasteiger partial charge in [0.25, 0.3) is 0 Å². The molecule has 3 aromatic rings. The Hall–Kier alpha value is -2.99. The number of esters is 1. The normalized spacial score (nSPS) is 10.7. The fraction of sp³-hybridized carbons (Fsp3) is 0.238. The summed E-state index contributed by atoms with van der Waals surface area (Å²) in [6, 6.07) is 11.9. The van der Waals surface area contributed by atoms with Crippen molar-refractivity contribution >= 4 is 40.3 Å². The van der Waals surface area contributed by atoms with Crippen molar-refractivity contribution in [3.05, 3.63) is 58.7 Å². The number of aromatic nitrogens is 1. The Kier molecular flexibility index (Phi) is 5.90. The Morgan fingerprint density at radius 2 is 1.82 bits per heavy atom. The van der Waals surface area contributed by atoms with Crippen LogP contribution in [0.1, 0.15) is 29.9 Å². The summed E-state index contributed by atoms with van der Waals surface area (Å²) in [6.45, 7) is 6.65. The summed E-state index contributed by atoms with van der Waals surface area (Å²) in [4.78, 5) is 24.6. The van der Waals surface area contributed by atoms with Crippen LogP contribution in [0.25, 0.3) is 10.9 Å².